The van der Waals surface area contributed by atoms with Gasteiger partial charge in [-0.25, -0.2) is 19.9 Å². The number of benzene rings is 1. The molecule has 190 valence electrons. The number of nitrogens with zero attached hydrogens (tertiary/aromatic N) is 5. The van der Waals surface area contributed by atoms with Gasteiger partial charge in [0.15, 0.2) is 11.5 Å². The van der Waals surface area contributed by atoms with E-state index in [0.29, 0.717) is 28.5 Å². The van der Waals surface area contributed by atoms with E-state index in [9.17, 15) is 9.90 Å². The summed E-state index contributed by atoms with van der Waals surface area (Å²) < 4.78 is 1.94. The number of phenols is 1. The molecule has 37 heavy (non-hydrogen) atoms. The molecule has 1 atom stereocenters. The van der Waals surface area contributed by atoms with Gasteiger partial charge >= 0.3 is 0 Å². The summed E-state index contributed by atoms with van der Waals surface area (Å²) in [6, 6.07) is 4.71. The predicted molar refractivity (Wildman–Crippen MR) is 142 cm³/mol. The lowest BCUT2D eigenvalue weighted by molar-refractivity contribution is -0.119. The number of fused-ring (bicyclic) bond motifs is 2. The molecule has 0 saturated heterocycles. The first-order chi connectivity index (χ1) is 17.8. The van der Waals surface area contributed by atoms with Gasteiger partial charge in [0.25, 0.3) is 0 Å². The van der Waals surface area contributed by atoms with Crippen molar-refractivity contribution in [1.82, 2.24) is 24.3 Å². The predicted octanol–water partition coefficient (Wildman–Crippen LogP) is 4.90. The number of nitrogen functional groups attached to an aromatic ring is 1. The van der Waals surface area contributed by atoms with Crippen LogP contribution in [0.3, 0.4) is 0 Å². The number of aromatic hydroxyl groups is 1. The van der Waals surface area contributed by atoms with E-state index in [2.05, 4.69) is 20.3 Å². The Hall–Kier alpha value is -3.72. The van der Waals surface area contributed by atoms with Crippen molar-refractivity contribution in [3.05, 3.63) is 58.6 Å². The zero-order valence-corrected chi connectivity index (χ0v) is 21.3. The molecule has 0 spiro atoms. The first-order valence-electron chi connectivity index (χ1n) is 12.7. The number of hydrogen-bond donors (Lipinski definition) is 3. The SMILES string of the molecule is CC1(c2ccc(Cl)c(O)c2)C(=O)Nc2nc(-c3cn4ccnc4c(CCC4CCCCC4)n3)nc(N)c21. The van der Waals surface area contributed by atoms with Crippen molar-refractivity contribution < 1.29 is 9.90 Å². The fourth-order valence-corrected chi connectivity index (χ4v) is 5.83. The Bertz CT molecular complexity index is 1530. The van der Waals surface area contributed by atoms with Crippen LogP contribution in [0.25, 0.3) is 17.2 Å². The minimum Gasteiger partial charge on any atom is -0.506 e. The van der Waals surface area contributed by atoms with Gasteiger partial charge in [-0.05, 0) is 43.4 Å². The largest absolute Gasteiger partial charge is 0.506 e. The van der Waals surface area contributed by atoms with Crippen LogP contribution in [-0.2, 0) is 16.6 Å². The van der Waals surface area contributed by atoms with E-state index in [-0.39, 0.29) is 22.5 Å². The van der Waals surface area contributed by atoms with Crippen molar-refractivity contribution in [2.24, 2.45) is 5.92 Å². The summed E-state index contributed by atoms with van der Waals surface area (Å²) in [5.41, 5.74) is 8.57. The Kier molecular flexibility index (Phi) is 5.75. The number of carbonyl (C=O) groups is 1. The zero-order valence-electron chi connectivity index (χ0n) is 20.5. The molecule has 4 aromatic rings. The number of anilines is 2. The molecule has 1 aliphatic carbocycles. The number of carbonyl (C=O) groups excluding carboxylic acids is 1. The Morgan fingerprint density at radius 3 is 2.81 bits per heavy atom. The normalized spacial score (nSPS) is 19.8. The second kappa shape index (κ2) is 8.99. The van der Waals surface area contributed by atoms with Gasteiger partial charge in [-0.15, -0.1) is 0 Å². The van der Waals surface area contributed by atoms with Crippen LogP contribution >= 0.6 is 11.6 Å². The molecule has 10 heteroatoms. The number of nitrogens with one attached hydrogen (secondary N) is 1. The van der Waals surface area contributed by atoms with Crippen LogP contribution < -0.4 is 11.1 Å². The molecule has 3 aromatic heterocycles. The van der Waals surface area contributed by atoms with Gasteiger partial charge in [0.05, 0.1) is 16.3 Å². The molecule has 1 saturated carbocycles. The van der Waals surface area contributed by atoms with E-state index in [1.807, 2.05) is 16.8 Å². The molecule has 0 radical (unpaired) electrons. The lowest BCUT2D eigenvalue weighted by Crippen LogP contribution is -2.32. The van der Waals surface area contributed by atoms with Gasteiger partial charge in [-0.1, -0.05) is 49.8 Å². The number of aryl methyl sites for hydroxylation is 1. The molecule has 4 heterocycles. The number of phenolic OH excluding ortho intramolecular Hbond substituents is 1. The van der Waals surface area contributed by atoms with Crippen LogP contribution in [0.1, 0.15) is 62.3 Å². The smallest absolute Gasteiger partial charge is 0.240 e. The van der Waals surface area contributed by atoms with Gasteiger partial charge < -0.3 is 20.6 Å². The average molecular weight is 518 g/mol. The minimum absolute atomic E-state index is 0.114. The van der Waals surface area contributed by atoms with Crippen molar-refractivity contribution in [3.63, 3.8) is 0 Å². The third-order valence-corrected chi connectivity index (χ3v) is 8.15. The molecule has 1 aromatic carbocycles. The highest BCUT2D eigenvalue weighted by Crippen LogP contribution is 2.46. The summed E-state index contributed by atoms with van der Waals surface area (Å²) in [6.07, 6.45) is 13.9. The van der Waals surface area contributed by atoms with Gasteiger partial charge in [-0.3, -0.25) is 4.79 Å². The maximum Gasteiger partial charge on any atom is 0.240 e. The Morgan fingerprint density at radius 2 is 2.03 bits per heavy atom. The highest BCUT2D eigenvalue weighted by atomic mass is 35.5. The zero-order chi connectivity index (χ0) is 25.7. The van der Waals surface area contributed by atoms with Crippen LogP contribution in [0.4, 0.5) is 11.6 Å². The van der Waals surface area contributed by atoms with E-state index in [1.165, 1.54) is 38.2 Å². The third kappa shape index (κ3) is 3.98. The van der Waals surface area contributed by atoms with Gasteiger partial charge in [0.2, 0.25) is 5.91 Å². The quantitative estimate of drug-likeness (QED) is 0.343. The second-order valence-electron chi connectivity index (χ2n) is 10.2. The second-order valence-corrected chi connectivity index (χ2v) is 10.6. The fourth-order valence-electron chi connectivity index (χ4n) is 5.71. The van der Waals surface area contributed by atoms with E-state index < -0.39 is 5.41 Å². The average Bonchev–Trinajstić information content (AvgIpc) is 3.47. The molecule has 6 rings (SSSR count). The summed E-state index contributed by atoms with van der Waals surface area (Å²) in [7, 11) is 0. The molecular weight excluding hydrogens is 490 g/mol. The Morgan fingerprint density at radius 1 is 1.22 bits per heavy atom. The Labute approximate surface area is 219 Å². The first kappa shape index (κ1) is 23.7. The minimum atomic E-state index is -1.19. The molecule has 0 bridgehead atoms. The Balaban J connectivity index is 1.39. The summed E-state index contributed by atoms with van der Waals surface area (Å²) >= 11 is 5.99. The van der Waals surface area contributed by atoms with Crippen LogP contribution in [0.2, 0.25) is 5.02 Å². The lowest BCUT2D eigenvalue weighted by atomic mass is 9.77. The third-order valence-electron chi connectivity index (χ3n) is 7.83. The van der Waals surface area contributed by atoms with Crippen molar-refractivity contribution >= 4 is 34.8 Å². The number of amides is 1. The highest BCUT2D eigenvalue weighted by Gasteiger charge is 2.47. The first-order valence-corrected chi connectivity index (χ1v) is 13.0. The summed E-state index contributed by atoms with van der Waals surface area (Å²) in [4.78, 5) is 31.9. The summed E-state index contributed by atoms with van der Waals surface area (Å²) in [5.74, 6) is 1.13. The van der Waals surface area contributed by atoms with Crippen LogP contribution in [-0.4, -0.2) is 35.4 Å². The number of aromatic nitrogens is 5. The van der Waals surface area contributed by atoms with Gasteiger partial charge in [0, 0.05) is 18.6 Å². The molecular formula is C27H28ClN7O2. The number of rotatable bonds is 5. The van der Waals surface area contributed by atoms with Crippen molar-refractivity contribution in [1.29, 1.82) is 0 Å². The molecule has 1 aliphatic heterocycles. The van der Waals surface area contributed by atoms with Gasteiger partial charge in [0.1, 0.15) is 28.5 Å². The van der Waals surface area contributed by atoms with Crippen molar-refractivity contribution in [2.45, 2.75) is 57.3 Å². The monoisotopic (exact) mass is 517 g/mol. The molecule has 9 nitrogen and oxygen atoms in total. The molecule has 1 fully saturated rings. The highest BCUT2D eigenvalue weighted by molar-refractivity contribution is 6.32. The number of nitrogens with two attached hydrogens (primary N) is 1. The van der Waals surface area contributed by atoms with E-state index in [1.54, 1.807) is 25.3 Å². The van der Waals surface area contributed by atoms with E-state index in [4.69, 9.17) is 22.3 Å². The maximum atomic E-state index is 13.2. The number of hydrogen-bond acceptors (Lipinski definition) is 7. The maximum absolute atomic E-state index is 13.2. The lowest BCUT2D eigenvalue weighted by Gasteiger charge is -2.23. The molecule has 2 aliphatic rings. The standard InChI is InChI=1S/C27H28ClN7O2/c1-27(16-8-9-17(28)20(36)13-16)21-22(29)32-23(33-24(21)34-26(27)37)19-14-35-12-11-30-25(35)18(31-19)10-7-15-5-3-2-4-6-15/h8-9,11-15,36H,2-7,10H2,1H3,(H3,29,32,33,34,37). The topological polar surface area (TPSA) is 131 Å². The molecule has 1 amide bonds. The van der Waals surface area contributed by atoms with E-state index in [0.717, 1.165) is 30.1 Å². The summed E-state index contributed by atoms with van der Waals surface area (Å²) in [6.45, 7) is 1.73. The van der Waals surface area contributed by atoms with Crippen LogP contribution in [0.5, 0.6) is 5.75 Å². The van der Waals surface area contributed by atoms with Crippen LogP contribution in [0.15, 0.2) is 36.8 Å². The van der Waals surface area contributed by atoms with Gasteiger partial charge in [-0.2, -0.15) is 0 Å². The summed E-state index contributed by atoms with van der Waals surface area (Å²) in [5, 5.41) is 13.2. The number of halogens is 1. The van der Waals surface area contributed by atoms with Crippen molar-refractivity contribution in [3.8, 4) is 17.3 Å². The fraction of sp³-hybridized carbons (Fsp3) is 0.370. The molecule has 4 N–H and O–H groups in total. The number of imidazole rings is 1. The van der Waals surface area contributed by atoms with Crippen LogP contribution in [0, 0.1) is 5.92 Å². The van der Waals surface area contributed by atoms with E-state index >= 15 is 0 Å². The van der Waals surface area contributed by atoms with Crippen molar-refractivity contribution in [2.75, 3.05) is 11.1 Å². The molecule has 1 unspecified atom stereocenters.